The van der Waals surface area contributed by atoms with Crippen LogP contribution in [0.25, 0.3) is 0 Å². The third-order valence-corrected chi connectivity index (χ3v) is 0.817. The van der Waals surface area contributed by atoms with Crippen LogP contribution in [0.1, 0.15) is 0 Å². The number of carboxylic acids is 1. The third-order valence-electron chi connectivity index (χ3n) is 0.817. The van der Waals surface area contributed by atoms with Crippen molar-refractivity contribution >= 4 is 17.5 Å². The van der Waals surface area contributed by atoms with Crippen LogP contribution in [0.3, 0.4) is 0 Å². The normalized spacial score (nSPS) is 11.5. The zero-order valence-electron chi connectivity index (χ0n) is 5.95. The lowest BCUT2D eigenvalue weighted by atomic mass is 10.2. The molecule has 0 fully saturated rings. The van der Waals surface area contributed by atoms with Crippen LogP contribution in [0.2, 0.25) is 0 Å². The standard InChI is InChI=1S/C5H5F2NO4/c1-12-8-2(5(10)11)3(9)4(6)7/h4H,1H3,(H,10,11). The minimum absolute atomic E-state index is 0.946. The molecule has 0 spiro atoms. The molecule has 0 aliphatic rings. The lowest BCUT2D eigenvalue weighted by Gasteiger charge is -1.97. The molecule has 0 atom stereocenters. The summed E-state index contributed by atoms with van der Waals surface area (Å²) in [5.74, 6) is -3.72. The number of Topliss-reactive ketones (excluding diaryl/α,β-unsaturated/α-hetero) is 1. The monoisotopic (exact) mass is 181 g/mol. The molecule has 0 aromatic carbocycles. The second-order valence-electron chi connectivity index (χ2n) is 1.59. The Kier molecular flexibility index (Phi) is 3.81. The van der Waals surface area contributed by atoms with Crippen molar-refractivity contribution in [3.63, 3.8) is 0 Å². The molecule has 0 saturated heterocycles. The number of hydrogen-bond acceptors (Lipinski definition) is 4. The van der Waals surface area contributed by atoms with Gasteiger partial charge in [0.1, 0.15) is 7.11 Å². The Bertz CT molecular complexity index is 225. The van der Waals surface area contributed by atoms with Crippen molar-refractivity contribution in [3.8, 4) is 0 Å². The number of hydrogen-bond donors (Lipinski definition) is 1. The lowest BCUT2D eigenvalue weighted by molar-refractivity contribution is -0.132. The molecule has 68 valence electrons. The number of oxime groups is 1. The quantitative estimate of drug-likeness (QED) is 0.373. The maximum Gasteiger partial charge on any atom is 0.361 e. The predicted molar refractivity (Wildman–Crippen MR) is 33.1 cm³/mol. The Balaban J connectivity index is 4.65. The van der Waals surface area contributed by atoms with Gasteiger partial charge in [0, 0.05) is 0 Å². The number of aliphatic carboxylic acids is 1. The Hall–Kier alpha value is -1.53. The number of carboxylic acid groups (broad SMARTS) is 1. The number of carbonyl (C=O) groups excluding carboxylic acids is 1. The van der Waals surface area contributed by atoms with Gasteiger partial charge in [-0.3, -0.25) is 4.79 Å². The van der Waals surface area contributed by atoms with Crippen molar-refractivity contribution < 1.29 is 28.3 Å². The molecular weight excluding hydrogens is 176 g/mol. The first-order valence-electron chi connectivity index (χ1n) is 2.67. The Morgan fingerprint density at radius 3 is 2.25 bits per heavy atom. The van der Waals surface area contributed by atoms with Crippen molar-refractivity contribution in [2.75, 3.05) is 7.11 Å². The summed E-state index contributed by atoms with van der Waals surface area (Å²) in [7, 11) is 0.946. The predicted octanol–water partition coefficient (Wildman–Crippen LogP) is -0.0924. The molecule has 0 bridgehead atoms. The summed E-state index contributed by atoms with van der Waals surface area (Å²) in [4.78, 5) is 24.3. The van der Waals surface area contributed by atoms with E-state index in [1.165, 1.54) is 0 Å². The molecule has 0 radical (unpaired) electrons. The van der Waals surface area contributed by atoms with Crippen LogP contribution in [0.5, 0.6) is 0 Å². The van der Waals surface area contributed by atoms with Crippen LogP contribution in [0.15, 0.2) is 5.16 Å². The van der Waals surface area contributed by atoms with Crippen molar-refractivity contribution in [2.24, 2.45) is 5.16 Å². The zero-order valence-corrected chi connectivity index (χ0v) is 5.95. The van der Waals surface area contributed by atoms with E-state index in [0.29, 0.717) is 0 Å². The molecule has 1 N–H and O–H groups in total. The fraction of sp³-hybridized carbons (Fsp3) is 0.400. The molecule has 0 saturated carbocycles. The third kappa shape index (κ3) is 2.60. The molecule has 0 aromatic rings. The SMILES string of the molecule is CON=C(C(=O)O)C(=O)C(F)F. The highest BCUT2D eigenvalue weighted by Crippen LogP contribution is 1.97. The summed E-state index contributed by atoms with van der Waals surface area (Å²) < 4.78 is 23.2. The average Bonchev–Trinajstić information content (AvgIpc) is 1.98. The van der Waals surface area contributed by atoms with Crippen molar-refractivity contribution in [3.05, 3.63) is 0 Å². The first-order valence-corrected chi connectivity index (χ1v) is 2.67. The van der Waals surface area contributed by atoms with Gasteiger partial charge in [-0.2, -0.15) is 0 Å². The van der Waals surface area contributed by atoms with Gasteiger partial charge in [-0.25, -0.2) is 13.6 Å². The van der Waals surface area contributed by atoms with Gasteiger partial charge in [0.15, 0.2) is 0 Å². The van der Waals surface area contributed by atoms with Crippen molar-refractivity contribution in [1.29, 1.82) is 0 Å². The van der Waals surface area contributed by atoms with Crippen LogP contribution in [0, 0.1) is 0 Å². The smallest absolute Gasteiger partial charge is 0.361 e. The number of carbonyl (C=O) groups is 2. The first-order chi connectivity index (χ1) is 5.50. The summed E-state index contributed by atoms with van der Waals surface area (Å²) >= 11 is 0. The highest BCUT2D eigenvalue weighted by atomic mass is 19.3. The van der Waals surface area contributed by atoms with E-state index in [1.807, 2.05) is 0 Å². The van der Waals surface area contributed by atoms with E-state index in [2.05, 4.69) is 9.99 Å². The molecule has 5 nitrogen and oxygen atoms in total. The number of halogens is 2. The van der Waals surface area contributed by atoms with Crippen LogP contribution in [-0.4, -0.2) is 36.1 Å². The minimum atomic E-state index is -3.39. The van der Waals surface area contributed by atoms with Gasteiger partial charge in [-0.05, 0) is 0 Å². The van der Waals surface area contributed by atoms with Gasteiger partial charge in [-0.1, -0.05) is 5.16 Å². The van der Waals surface area contributed by atoms with Crippen LogP contribution in [0.4, 0.5) is 8.78 Å². The molecule has 0 amide bonds. The molecule has 7 heteroatoms. The first kappa shape index (κ1) is 10.5. The number of nitrogens with zero attached hydrogens (tertiary/aromatic N) is 1. The van der Waals surface area contributed by atoms with E-state index in [0.717, 1.165) is 7.11 Å². The van der Waals surface area contributed by atoms with Gasteiger partial charge in [0.05, 0.1) is 0 Å². The molecule has 0 rings (SSSR count). The van der Waals surface area contributed by atoms with E-state index in [-0.39, 0.29) is 0 Å². The molecule has 0 aromatic heterocycles. The van der Waals surface area contributed by atoms with Gasteiger partial charge >= 0.3 is 12.4 Å². The highest BCUT2D eigenvalue weighted by Gasteiger charge is 2.28. The van der Waals surface area contributed by atoms with Gasteiger partial charge < -0.3 is 9.94 Å². The van der Waals surface area contributed by atoms with E-state index >= 15 is 0 Å². The lowest BCUT2D eigenvalue weighted by Crippen LogP contribution is -2.29. The topological polar surface area (TPSA) is 76.0 Å². The summed E-state index contributed by atoms with van der Waals surface area (Å²) in [5, 5.41) is 10.8. The Labute approximate surface area is 65.6 Å². The summed E-state index contributed by atoms with van der Waals surface area (Å²) in [6.07, 6.45) is -3.39. The average molecular weight is 181 g/mol. The van der Waals surface area contributed by atoms with E-state index in [1.54, 1.807) is 0 Å². The molecule has 0 aliphatic carbocycles. The molecule has 0 heterocycles. The van der Waals surface area contributed by atoms with E-state index in [4.69, 9.17) is 5.11 Å². The van der Waals surface area contributed by atoms with Crippen LogP contribution < -0.4 is 0 Å². The number of ketones is 1. The summed E-state index contributed by atoms with van der Waals surface area (Å²) in [6.45, 7) is 0. The maximum atomic E-state index is 11.6. The van der Waals surface area contributed by atoms with E-state index in [9.17, 15) is 18.4 Å². The number of alkyl halides is 2. The molecule has 12 heavy (non-hydrogen) atoms. The largest absolute Gasteiger partial charge is 0.476 e. The maximum absolute atomic E-state index is 11.6. The Morgan fingerprint density at radius 2 is 2.00 bits per heavy atom. The minimum Gasteiger partial charge on any atom is -0.476 e. The molecular formula is C5H5F2NO4. The van der Waals surface area contributed by atoms with Gasteiger partial charge in [0.25, 0.3) is 5.78 Å². The highest BCUT2D eigenvalue weighted by molar-refractivity contribution is 6.64. The second-order valence-corrected chi connectivity index (χ2v) is 1.59. The summed E-state index contributed by atoms with van der Waals surface area (Å²) in [5.41, 5.74) is -1.31. The zero-order chi connectivity index (χ0) is 9.72. The van der Waals surface area contributed by atoms with Crippen molar-refractivity contribution in [2.45, 2.75) is 6.43 Å². The number of rotatable bonds is 4. The fourth-order valence-electron chi connectivity index (χ4n) is 0.384. The van der Waals surface area contributed by atoms with E-state index < -0.39 is 23.9 Å². The van der Waals surface area contributed by atoms with Gasteiger partial charge in [-0.15, -0.1) is 0 Å². The molecule has 0 aliphatic heterocycles. The van der Waals surface area contributed by atoms with Crippen LogP contribution >= 0.6 is 0 Å². The second kappa shape index (κ2) is 4.37. The van der Waals surface area contributed by atoms with Crippen molar-refractivity contribution in [1.82, 2.24) is 0 Å². The Morgan fingerprint density at radius 1 is 1.50 bits per heavy atom. The van der Waals surface area contributed by atoms with Crippen LogP contribution in [-0.2, 0) is 14.4 Å². The molecule has 0 unspecified atom stereocenters. The van der Waals surface area contributed by atoms with Gasteiger partial charge in [0.2, 0.25) is 5.71 Å². The summed E-state index contributed by atoms with van der Waals surface area (Å²) in [6, 6.07) is 0. The fourth-order valence-corrected chi connectivity index (χ4v) is 0.384.